The molecule has 1 aliphatic carbocycles. The van der Waals surface area contributed by atoms with E-state index in [1.165, 1.54) is 25.7 Å². The third-order valence-electron chi connectivity index (χ3n) is 4.00. The molecule has 0 unspecified atom stereocenters. The first-order valence-corrected chi connectivity index (χ1v) is 7.11. The maximum Gasteiger partial charge on any atom is 0.248 e. The molecule has 1 saturated heterocycles. The number of amides is 1. The smallest absolute Gasteiger partial charge is 0.248 e. The Labute approximate surface area is 109 Å². The number of nitrogens with two attached hydrogens (primary N) is 1. The van der Waals surface area contributed by atoms with Crippen molar-refractivity contribution in [2.45, 2.75) is 31.7 Å². The third-order valence-corrected chi connectivity index (χ3v) is 4.00. The molecule has 1 saturated carbocycles. The number of ether oxygens (including phenoxy) is 1. The van der Waals surface area contributed by atoms with Gasteiger partial charge in [0.2, 0.25) is 5.91 Å². The molecule has 104 valence electrons. The lowest BCUT2D eigenvalue weighted by molar-refractivity contribution is -0.138. The van der Waals surface area contributed by atoms with Crippen molar-refractivity contribution in [3.8, 4) is 0 Å². The number of rotatable bonds is 5. The topological polar surface area (TPSA) is 58.8 Å². The summed E-state index contributed by atoms with van der Waals surface area (Å²) in [5.74, 6) is 0.106. The van der Waals surface area contributed by atoms with Gasteiger partial charge in [0.15, 0.2) is 0 Å². The van der Waals surface area contributed by atoms with Gasteiger partial charge in [-0.05, 0) is 12.8 Å². The van der Waals surface area contributed by atoms with Crippen molar-refractivity contribution < 1.29 is 9.53 Å². The van der Waals surface area contributed by atoms with E-state index in [1.54, 1.807) is 0 Å². The van der Waals surface area contributed by atoms with Gasteiger partial charge in [-0.3, -0.25) is 9.69 Å². The molecule has 2 N–H and O–H groups in total. The molecule has 1 heterocycles. The number of carbonyl (C=O) groups excluding carboxylic acids is 1. The minimum atomic E-state index is 0.106. The summed E-state index contributed by atoms with van der Waals surface area (Å²) >= 11 is 0. The van der Waals surface area contributed by atoms with Gasteiger partial charge in [-0.2, -0.15) is 0 Å². The highest BCUT2D eigenvalue weighted by molar-refractivity contribution is 5.77. The molecule has 0 aromatic heterocycles. The van der Waals surface area contributed by atoms with Crippen molar-refractivity contribution in [1.29, 1.82) is 0 Å². The van der Waals surface area contributed by atoms with Crippen molar-refractivity contribution in [1.82, 2.24) is 9.80 Å². The van der Waals surface area contributed by atoms with Crippen molar-refractivity contribution in [3.63, 3.8) is 0 Å². The van der Waals surface area contributed by atoms with Crippen LogP contribution in [0, 0.1) is 0 Å². The first-order valence-electron chi connectivity index (χ1n) is 7.11. The third kappa shape index (κ3) is 3.67. The maximum absolute atomic E-state index is 11.8. The average molecular weight is 255 g/mol. The van der Waals surface area contributed by atoms with Gasteiger partial charge in [0.1, 0.15) is 6.61 Å². The fourth-order valence-electron chi connectivity index (χ4n) is 2.94. The van der Waals surface area contributed by atoms with Gasteiger partial charge in [-0.15, -0.1) is 0 Å². The van der Waals surface area contributed by atoms with Gasteiger partial charge < -0.3 is 15.4 Å². The molecule has 1 amide bonds. The lowest BCUT2D eigenvalue weighted by Gasteiger charge is -2.38. The van der Waals surface area contributed by atoms with Crippen molar-refractivity contribution in [2.24, 2.45) is 5.73 Å². The van der Waals surface area contributed by atoms with Crippen LogP contribution in [0.1, 0.15) is 25.7 Å². The molecule has 18 heavy (non-hydrogen) atoms. The lowest BCUT2D eigenvalue weighted by atomic mass is 10.2. The molecule has 0 spiro atoms. The standard InChI is InChI=1S/C13H25N3O2/c14-5-10-18-11-13(17)16-8-6-15(7-9-16)12-3-1-2-4-12/h12H,1-11,14H2. The van der Waals surface area contributed by atoms with Crippen molar-refractivity contribution >= 4 is 5.91 Å². The van der Waals surface area contributed by atoms with Crippen molar-refractivity contribution in [3.05, 3.63) is 0 Å². The summed E-state index contributed by atoms with van der Waals surface area (Å²) in [5.41, 5.74) is 5.32. The predicted molar refractivity (Wildman–Crippen MR) is 70.3 cm³/mol. The van der Waals surface area contributed by atoms with Crippen LogP contribution < -0.4 is 5.73 Å². The second-order valence-corrected chi connectivity index (χ2v) is 5.20. The van der Waals surface area contributed by atoms with Crippen LogP contribution in [0.5, 0.6) is 0 Å². The minimum Gasteiger partial charge on any atom is -0.370 e. The normalized spacial score (nSPS) is 22.6. The monoisotopic (exact) mass is 255 g/mol. The second kappa shape index (κ2) is 7.07. The van der Waals surface area contributed by atoms with Crippen LogP contribution in [0.3, 0.4) is 0 Å². The molecule has 2 rings (SSSR count). The number of hydrogen-bond donors (Lipinski definition) is 1. The quantitative estimate of drug-likeness (QED) is 0.705. The molecule has 5 heteroatoms. The van der Waals surface area contributed by atoms with Gasteiger partial charge in [-0.25, -0.2) is 0 Å². The van der Waals surface area contributed by atoms with Crippen LogP contribution in [0.4, 0.5) is 0 Å². The Balaban J connectivity index is 1.67. The molecule has 5 nitrogen and oxygen atoms in total. The summed E-state index contributed by atoms with van der Waals surface area (Å²) in [6.07, 6.45) is 5.43. The van der Waals surface area contributed by atoms with E-state index in [4.69, 9.17) is 10.5 Å². The maximum atomic E-state index is 11.8. The molecule has 0 aromatic carbocycles. The Kier molecular flexibility index (Phi) is 5.41. The summed E-state index contributed by atoms with van der Waals surface area (Å²) in [6, 6.07) is 0.774. The summed E-state index contributed by atoms with van der Waals surface area (Å²) in [6.45, 7) is 4.86. The van der Waals surface area contributed by atoms with Gasteiger partial charge in [-0.1, -0.05) is 12.8 Å². The predicted octanol–water partition coefficient (Wildman–Crippen LogP) is 0.0485. The van der Waals surface area contributed by atoms with Gasteiger partial charge in [0.25, 0.3) is 0 Å². The van der Waals surface area contributed by atoms with Crippen LogP contribution in [-0.4, -0.2) is 67.7 Å². The van der Waals surface area contributed by atoms with Crippen molar-refractivity contribution in [2.75, 3.05) is 45.9 Å². The highest BCUT2D eigenvalue weighted by atomic mass is 16.5. The van der Waals surface area contributed by atoms with E-state index in [0.717, 1.165) is 32.2 Å². The van der Waals surface area contributed by atoms with Crippen LogP contribution >= 0.6 is 0 Å². The molecule has 0 atom stereocenters. The zero-order chi connectivity index (χ0) is 12.8. The number of hydrogen-bond acceptors (Lipinski definition) is 4. The first kappa shape index (κ1) is 13.8. The summed E-state index contributed by atoms with van der Waals surface area (Å²) in [5, 5.41) is 0. The fraction of sp³-hybridized carbons (Fsp3) is 0.923. The van der Waals surface area contributed by atoms with Crippen LogP contribution in [0.25, 0.3) is 0 Å². The summed E-state index contributed by atoms with van der Waals surface area (Å²) in [4.78, 5) is 16.3. The Morgan fingerprint density at radius 2 is 1.83 bits per heavy atom. The highest BCUT2D eigenvalue weighted by Crippen LogP contribution is 2.24. The van der Waals surface area contributed by atoms with E-state index >= 15 is 0 Å². The van der Waals surface area contributed by atoms with Crippen LogP contribution in [0.15, 0.2) is 0 Å². The number of carbonyl (C=O) groups is 1. The van der Waals surface area contributed by atoms with Gasteiger partial charge >= 0.3 is 0 Å². The number of nitrogens with zero attached hydrogens (tertiary/aromatic N) is 2. The van der Waals surface area contributed by atoms with E-state index in [2.05, 4.69) is 4.90 Å². The molecule has 0 radical (unpaired) electrons. The van der Waals surface area contributed by atoms with E-state index in [1.807, 2.05) is 4.90 Å². The molecule has 0 bridgehead atoms. The highest BCUT2D eigenvalue weighted by Gasteiger charge is 2.27. The van der Waals surface area contributed by atoms with E-state index in [0.29, 0.717) is 13.2 Å². The summed E-state index contributed by atoms with van der Waals surface area (Å²) in [7, 11) is 0. The second-order valence-electron chi connectivity index (χ2n) is 5.20. The average Bonchev–Trinajstić information content (AvgIpc) is 2.93. The van der Waals surface area contributed by atoms with E-state index < -0.39 is 0 Å². The lowest BCUT2D eigenvalue weighted by Crippen LogP contribution is -2.52. The fourth-order valence-corrected chi connectivity index (χ4v) is 2.94. The zero-order valence-corrected chi connectivity index (χ0v) is 11.1. The molecule has 2 aliphatic rings. The van der Waals surface area contributed by atoms with E-state index in [-0.39, 0.29) is 12.5 Å². The van der Waals surface area contributed by atoms with Gasteiger partial charge in [0, 0.05) is 38.8 Å². The molecule has 2 fully saturated rings. The SMILES string of the molecule is NCCOCC(=O)N1CCN(C2CCCC2)CC1. The molecular weight excluding hydrogens is 230 g/mol. The number of piperazine rings is 1. The summed E-state index contributed by atoms with van der Waals surface area (Å²) < 4.78 is 5.19. The Morgan fingerprint density at radius 3 is 2.44 bits per heavy atom. The largest absolute Gasteiger partial charge is 0.370 e. The van der Waals surface area contributed by atoms with Gasteiger partial charge in [0.05, 0.1) is 6.61 Å². The van der Waals surface area contributed by atoms with E-state index in [9.17, 15) is 4.79 Å². The Bertz CT molecular complexity index is 259. The first-order chi connectivity index (χ1) is 8.81. The zero-order valence-electron chi connectivity index (χ0n) is 11.1. The van der Waals surface area contributed by atoms with Crippen LogP contribution in [0.2, 0.25) is 0 Å². The minimum absolute atomic E-state index is 0.106. The van der Waals surface area contributed by atoms with Crippen LogP contribution in [-0.2, 0) is 9.53 Å². The molecule has 1 aliphatic heterocycles. The molecular formula is C13H25N3O2. The molecule has 0 aromatic rings. The Morgan fingerprint density at radius 1 is 1.17 bits per heavy atom. The Hall–Kier alpha value is -0.650.